The molecule has 0 radical (unpaired) electrons. The van der Waals surface area contributed by atoms with Crippen LogP contribution < -0.4 is 4.72 Å². The topological polar surface area (TPSA) is 46.2 Å². The van der Waals surface area contributed by atoms with Crippen LogP contribution in [0.15, 0.2) is 52.3 Å². The summed E-state index contributed by atoms with van der Waals surface area (Å²) in [5.74, 6) is -0.150. The largest absolute Gasteiger partial charge is 0.241 e. The van der Waals surface area contributed by atoms with E-state index in [4.69, 9.17) is 0 Å². The molecule has 0 fully saturated rings. The van der Waals surface area contributed by atoms with E-state index in [-0.39, 0.29) is 4.90 Å². The van der Waals surface area contributed by atoms with Crippen molar-refractivity contribution in [1.29, 1.82) is 0 Å². The van der Waals surface area contributed by atoms with Gasteiger partial charge in [-0.1, -0.05) is 0 Å². The van der Waals surface area contributed by atoms with E-state index in [0.717, 1.165) is 22.8 Å². The van der Waals surface area contributed by atoms with Crippen LogP contribution in [0.1, 0.15) is 18.0 Å². The number of thioether (sulfide) groups is 1. The average molecular weight is 341 g/mol. The Bertz CT molecular complexity index is 792. The number of nitrogens with one attached hydrogen (secondary N) is 1. The molecule has 2 aromatic rings. The van der Waals surface area contributed by atoms with Crippen molar-refractivity contribution in [3.63, 3.8) is 0 Å². The summed E-state index contributed by atoms with van der Waals surface area (Å²) in [5.41, 5.74) is 0.641. The highest BCUT2D eigenvalue weighted by Crippen LogP contribution is 2.37. The predicted molar refractivity (Wildman–Crippen MR) is 81.2 cm³/mol. The number of halogens is 2. The first-order valence-corrected chi connectivity index (χ1v) is 9.13. The van der Waals surface area contributed by atoms with Gasteiger partial charge in [-0.15, -0.1) is 11.8 Å². The van der Waals surface area contributed by atoms with Crippen molar-refractivity contribution in [2.24, 2.45) is 0 Å². The Morgan fingerprint density at radius 2 is 1.73 bits per heavy atom. The third-order valence-electron chi connectivity index (χ3n) is 3.43. The van der Waals surface area contributed by atoms with E-state index in [1.165, 1.54) is 24.3 Å². The van der Waals surface area contributed by atoms with E-state index in [2.05, 4.69) is 4.72 Å². The molecule has 0 saturated carbocycles. The van der Waals surface area contributed by atoms with Gasteiger partial charge < -0.3 is 0 Å². The van der Waals surface area contributed by atoms with Crippen LogP contribution in [0.4, 0.5) is 8.78 Å². The smallest absolute Gasteiger partial charge is 0.207 e. The van der Waals surface area contributed by atoms with Gasteiger partial charge in [0.1, 0.15) is 11.6 Å². The molecule has 1 aliphatic rings. The summed E-state index contributed by atoms with van der Waals surface area (Å²) in [5, 5.41) is 0. The number of fused-ring (bicyclic) bond motifs is 1. The SMILES string of the molecule is O=S(=O)(NC1CCSc2ccc(F)cc21)c1ccc(F)cc1. The third kappa shape index (κ3) is 3.16. The standard InChI is InChI=1S/C15H13F2NO2S2/c16-10-1-4-12(5-2-10)22(19,20)18-14-7-8-21-15-6-3-11(17)9-13(14)15/h1-6,9,14,18H,7-8H2. The molecule has 0 saturated heterocycles. The van der Waals surface area contributed by atoms with Crippen molar-refractivity contribution >= 4 is 21.8 Å². The first kappa shape index (κ1) is 15.5. The van der Waals surface area contributed by atoms with Gasteiger partial charge in [-0.3, -0.25) is 0 Å². The second kappa shape index (κ2) is 5.98. The average Bonchev–Trinajstić information content (AvgIpc) is 2.48. The second-order valence-corrected chi connectivity index (χ2v) is 7.80. The van der Waals surface area contributed by atoms with Gasteiger partial charge in [0.05, 0.1) is 4.90 Å². The van der Waals surface area contributed by atoms with Crippen molar-refractivity contribution in [3.05, 3.63) is 59.7 Å². The Hall–Kier alpha value is -1.44. The van der Waals surface area contributed by atoms with E-state index in [1.54, 1.807) is 17.8 Å². The molecule has 1 N–H and O–H groups in total. The molecule has 0 aliphatic carbocycles. The summed E-state index contributed by atoms with van der Waals surface area (Å²) in [6, 6.07) is 8.51. The third-order valence-corrected chi connectivity index (χ3v) is 6.04. The number of rotatable bonds is 3. The van der Waals surface area contributed by atoms with Gasteiger partial charge >= 0.3 is 0 Å². The number of hydrogen-bond donors (Lipinski definition) is 1. The lowest BCUT2D eigenvalue weighted by molar-refractivity contribution is 0.541. The van der Waals surface area contributed by atoms with E-state index in [0.29, 0.717) is 12.0 Å². The molecule has 3 nitrogen and oxygen atoms in total. The van der Waals surface area contributed by atoms with Gasteiger partial charge in [0, 0.05) is 10.9 Å². The molecule has 3 rings (SSSR count). The fourth-order valence-corrected chi connectivity index (χ4v) is 4.71. The molecular weight excluding hydrogens is 328 g/mol. The summed E-state index contributed by atoms with van der Waals surface area (Å²) in [4.78, 5) is 0.865. The highest BCUT2D eigenvalue weighted by atomic mass is 32.2. The van der Waals surface area contributed by atoms with E-state index in [9.17, 15) is 17.2 Å². The van der Waals surface area contributed by atoms with Crippen molar-refractivity contribution in [1.82, 2.24) is 4.72 Å². The molecule has 2 aromatic carbocycles. The maximum absolute atomic E-state index is 13.4. The number of sulfonamides is 1. The molecule has 1 heterocycles. The number of hydrogen-bond acceptors (Lipinski definition) is 3. The van der Waals surface area contributed by atoms with Gasteiger partial charge in [-0.25, -0.2) is 21.9 Å². The summed E-state index contributed by atoms with van der Waals surface area (Å²) < 4.78 is 53.7. The Balaban J connectivity index is 1.91. The molecule has 1 atom stereocenters. The second-order valence-electron chi connectivity index (χ2n) is 4.95. The molecule has 22 heavy (non-hydrogen) atoms. The fraction of sp³-hybridized carbons (Fsp3) is 0.200. The van der Waals surface area contributed by atoms with E-state index in [1.807, 2.05) is 0 Å². The molecule has 116 valence electrons. The van der Waals surface area contributed by atoms with Crippen LogP contribution in [-0.4, -0.2) is 14.2 Å². The molecule has 7 heteroatoms. The van der Waals surface area contributed by atoms with E-state index >= 15 is 0 Å². The fourth-order valence-electron chi connectivity index (χ4n) is 2.36. The Morgan fingerprint density at radius 1 is 1.05 bits per heavy atom. The minimum absolute atomic E-state index is 0.00919. The predicted octanol–water partition coefficient (Wildman–Crippen LogP) is 3.48. The normalized spacial score (nSPS) is 18.0. The van der Waals surface area contributed by atoms with Gasteiger partial charge in [-0.05, 0) is 60.2 Å². The highest BCUT2D eigenvalue weighted by Gasteiger charge is 2.26. The quantitative estimate of drug-likeness (QED) is 0.930. The molecule has 1 aliphatic heterocycles. The van der Waals surface area contributed by atoms with Crippen LogP contribution in [0.25, 0.3) is 0 Å². The lowest BCUT2D eigenvalue weighted by Gasteiger charge is -2.25. The Morgan fingerprint density at radius 3 is 2.45 bits per heavy atom. The Kier molecular flexibility index (Phi) is 4.20. The van der Waals surface area contributed by atoms with Crippen LogP contribution in [0.3, 0.4) is 0 Å². The monoisotopic (exact) mass is 341 g/mol. The highest BCUT2D eigenvalue weighted by molar-refractivity contribution is 7.99. The maximum Gasteiger partial charge on any atom is 0.241 e. The van der Waals surface area contributed by atoms with Crippen molar-refractivity contribution in [2.75, 3.05) is 5.75 Å². The van der Waals surface area contributed by atoms with Gasteiger partial charge in [-0.2, -0.15) is 0 Å². The van der Waals surface area contributed by atoms with Gasteiger partial charge in [0.2, 0.25) is 10.0 Å². The van der Waals surface area contributed by atoms with Crippen LogP contribution >= 0.6 is 11.8 Å². The summed E-state index contributed by atoms with van der Waals surface area (Å²) >= 11 is 1.57. The zero-order valence-corrected chi connectivity index (χ0v) is 13.1. The molecule has 0 bridgehead atoms. The molecular formula is C15H13F2NO2S2. The molecule has 1 unspecified atom stereocenters. The van der Waals surface area contributed by atoms with E-state index < -0.39 is 27.7 Å². The zero-order valence-electron chi connectivity index (χ0n) is 11.4. The van der Waals surface area contributed by atoms with Gasteiger partial charge in [0.15, 0.2) is 0 Å². The minimum Gasteiger partial charge on any atom is -0.207 e. The van der Waals surface area contributed by atoms with Crippen molar-refractivity contribution in [3.8, 4) is 0 Å². The molecule has 0 spiro atoms. The zero-order chi connectivity index (χ0) is 15.7. The first-order chi connectivity index (χ1) is 10.5. The maximum atomic E-state index is 13.4. The first-order valence-electron chi connectivity index (χ1n) is 6.66. The number of benzene rings is 2. The molecule has 0 aromatic heterocycles. The van der Waals surface area contributed by atoms with Crippen molar-refractivity contribution in [2.45, 2.75) is 22.3 Å². The van der Waals surface area contributed by atoms with Crippen molar-refractivity contribution < 1.29 is 17.2 Å². The summed E-state index contributed by atoms with van der Waals surface area (Å²) in [6.07, 6.45) is 0.571. The summed E-state index contributed by atoms with van der Waals surface area (Å²) in [7, 11) is -3.78. The van der Waals surface area contributed by atoms with Crippen LogP contribution in [0.5, 0.6) is 0 Å². The molecule has 0 amide bonds. The summed E-state index contributed by atoms with van der Waals surface area (Å²) in [6.45, 7) is 0. The lowest BCUT2D eigenvalue weighted by atomic mass is 10.0. The van der Waals surface area contributed by atoms with Crippen LogP contribution in [-0.2, 0) is 10.0 Å². The minimum atomic E-state index is -3.78. The van der Waals surface area contributed by atoms with Crippen LogP contribution in [0.2, 0.25) is 0 Å². The Labute approximate surface area is 131 Å². The lowest BCUT2D eigenvalue weighted by Crippen LogP contribution is -2.30. The van der Waals surface area contributed by atoms with Crippen LogP contribution in [0, 0.1) is 11.6 Å². The van der Waals surface area contributed by atoms with Gasteiger partial charge in [0.25, 0.3) is 0 Å².